The molecule has 1 aromatic heterocycles. The Morgan fingerprint density at radius 3 is 2.81 bits per heavy atom. The molecule has 1 aliphatic heterocycles. The van der Waals surface area contributed by atoms with Crippen LogP contribution in [-0.4, -0.2) is 29.8 Å². The first-order chi connectivity index (χ1) is 7.50. The van der Waals surface area contributed by atoms with E-state index in [9.17, 15) is 9.59 Å². The number of rotatable bonds is 0. The van der Waals surface area contributed by atoms with Crippen LogP contribution in [0.4, 0.5) is 0 Å². The van der Waals surface area contributed by atoms with Crippen LogP contribution in [-0.2, 0) is 24.8 Å². The minimum absolute atomic E-state index is 0.0648. The Kier molecular flexibility index (Phi) is 2.62. The molecular weight excluding hydrogens is 203 g/mol. The van der Waals surface area contributed by atoms with Crippen molar-refractivity contribution in [2.45, 2.75) is 19.9 Å². The van der Waals surface area contributed by atoms with Gasteiger partial charge < -0.3 is 9.47 Å². The maximum absolute atomic E-state index is 11.7. The minimum atomic E-state index is 0.0648. The summed E-state index contributed by atoms with van der Waals surface area (Å²) in [7, 11) is 3.62. The van der Waals surface area contributed by atoms with Gasteiger partial charge in [0, 0.05) is 39.2 Å². The number of pyridine rings is 1. The maximum Gasteiger partial charge on any atom is 0.244 e. The second-order valence-electron chi connectivity index (χ2n) is 4.35. The van der Waals surface area contributed by atoms with Crippen LogP contribution in [0.3, 0.4) is 0 Å². The number of hydrogen-bond acceptors (Lipinski definition) is 2. The summed E-state index contributed by atoms with van der Waals surface area (Å²) in [5, 5.41) is 0. The molecule has 1 aliphatic rings. The molecule has 0 radical (unpaired) electrons. The van der Waals surface area contributed by atoms with E-state index in [0.29, 0.717) is 13.1 Å². The van der Waals surface area contributed by atoms with Gasteiger partial charge in [0.15, 0.2) is 0 Å². The molecule has 2 heterocycles. The van der Waals surface area contributed by atoms with E-state index in [1.165, 1.54) is 0 Å². The number of fused-ring (bicyclic) bond motifs is 1. The molecular formula is C11H15BN2O2. The summed E-state index contributed by atoms with van der Waals surface area (Å²) in [5.74, 6) is 0.0946. The number of aromatic nitrogens is 1. The van der Waals surface area contributed by atoms with E-state index in [1.54, 1.807) is 18.5 Å². The molecule has 0 unspecified atom stereocenters. The van der Waals surface area contributed by atoms with E-state index in [2.05, 4.69) is 0 Å². The van der Waals surface area contributed by atoms with Crippen molar-refractivity contribution in [3.8, 4) is 0 Å². The Hall–Kier alpha value is -1.52. The summed E-state index contributed by atoms with van der Waals surface area (Å²) < 4.78 is 1.71. The highest BCUT2D eigenvalue weighted by atomic mass is 16.2. The molecule has 0 saturated heterocycles. The fourth-order valence-corrected chi connectivity index (χ4v) is 2.27. The molecule has 0 spiro atoms. The van der Waals surface area contributed by atoms with Gasteiger partial charge in [0.2, 0.25) is 11.5 Å². The molecule has 5 heteroatoms. The fraction of sp³-hybridized carbons (Fsp3) is 0.455. The smallest absolute Gasteiger partial charge is 0.244 e. The fourth-order valence-electron chi connectivity index (χ4n) is 2.27. The molecule has 0 fully saturated rings. The number of nitrogens with zero attached hydrogens (tertiary/aromatic N) is 2. The van der Waals surface area contributed by atoms with Gasteiger partial charge in [0.1, 0.15) is 7.85 Å². The van der Waals surface area contributed by atoms with Crippen molar-refractivity contribution in [2.75, 3.05) is 6.54 Å². The molecule has 1 amide bonds. The summed E-state index contributed by atoms with van der Waals surface area (Å²) in [6.07, 6.45) is 0.765. The Balaban J connectivity index is 2.48. The van der Waals surface area contributed by atoms with Crippen LogP contribution in [0.2, 0.25) is 0 Å². The van der Waals surface area contributed by atoms with Crippen molar-refractivity contribution in [1.82, 2.24) is 9.47 Å². The van der Waals surface area contributed by atoms with Crippen molar-refractivity contribution in [3.63, 3.8) is 0 Å². The highest BCUT2D eigenvalue weighted by Crippen LogP contribution is 2.15. The highest BCUT2D eigenvalue weighted by molar-refractivity contribution is 6.32. The normalized spacial score (nSPS) is 14.8. The van der Waals surface area contributed by atoms with Crippen molar-refractivity contribution < 1.29 is 4.79 Å². The third-order valence-electron chi connectivity index (χ3n) is 3.23. The third kappa shape index (κ3) is 1.66. The van der Waals surface area contributed by atoms with Crippen LogP contribution in [0.15, 0.2) is 10.9 Å². The molecule has 2 rings (SSSR count). The molecule has 16 heavy (non-hydrogen) atoms. The summed E-state index contributed by atoms with van der Waals surface area (Å²) >= 11 is 0. The first-order valence-corrected chi connectivity index (χ1v) is 5.44. The second-order valence-corrected chi connectivity index (χ2v) is 4.35. The lowest BCUT2D eigenvalue weighted by molar-refractivity contribution is -0.129. The van der Waals surface area contributed by atoms with Crippen LogP contribution in [0, 0.1) is 0 Å². The zero-order chi connectivity index (χ0) is 11.9. The lowest BCUT2D eigenvalue weighted by atomic mass is 9.93. The standard InChI is InChI=1S/C11H15BN2O2/c1-7(15)14-4-3-10-8(6-14)5-9(12)11(16)13(10)2/h5H,3-4,6,12H2,1-2H3. The van der Waals surface area contributed by atoms with Gasteiger partial charge in [-0.25, -0.2) is 0 Å². The van der Waals surface area contributed by atoms with E-state index in [0.717, 1.165) is 23.1 Å². The van der Waals surface area contributed by atoms with Gasteiger partial charge in [-0.1, -0.05) is 6.07 Å². The van der Waals surface area contributed by atoms with E-state index in [1.807, 2.05) is 18.8 Å². The molecule has 0 saturated carbocycles. The van der Waals surface area contributed by atoms with Gasteiger partial charge in [-0.3, -0.25) is 9.59 Å². The van der Waals surface area contributed by atoms with E-state index in [4.69, 9.17) is 0 Å². The average molecular weight is 218 g/mol. The molecule has 0 aromatic carbocycles. The third-order valence-corrected chi connectivity index (χ3v) is 3.23. The number of amides is 1. The summed E-state index contributed by atoms with van der Waals surface area (Å²) in [5.41, 5.74) is 2.97. The monoisotopic (exact) mass is 218 g/mol. The van der Waals surface area contributed by atoms with Crippen LogP contribution in [0.5, 0.6) is 0 Å². The predicted octanol–water partition coefficient (Wildman–Crippen LogP) is -1.45. The molecule has 84 valence electrons. The SMILES string of the molecule is Bc1cc2c(n(C)c1=O)CCN(C(C)=O)C2. The highest BCUT2D eigenvalue weighted by Gasteiger charge is 2.20. The average Bonchev–Trinajstić information content (AvgIpc) is 2.25. The topological polar surface area (TPSA) is 42.3 Å². The molecule has 1 aromatic rings. The van der Waals surface area contributed by atoms with Crippen LogP contribution >= 0.6 is 0 Å². The van der Waals surface area contributed by atoms with Gasteiger partial charge in [-0.2, -0.15) is 0 Å². The van der Waals surface area contributed by atoms with Gasteiger partial charge in [-0.05, 0) is 11.0 Å². The van der Waals surface area contributed by atoms with Crippen LogP contribution in [0.25, 0.3) is 0 Å². The molecule has 0 bridgehead atoms. The molecule has 4 nitrogen and oxygen atoms in total. The number of carbonyl (C=O) groups excluding carboxylic acids is 1. The largest absolute Gasteiger partial charge is 0.338 e. The Labute approximate surface area is 95.3 Å². The summed E-state index contributed by atoms with van der Waals surface area (Å²) in [6, 6.07) is 1.91. The van der Waals surface area contributed by atoms with E-state index >= 15 is 0 Å². The quantitative estimate of drug-likeness (QED) is 0.500. The van der Waals surface area contributed by atoms with E-state index in [-0.39, 0.29) is 11.5 Å². The van der Waals surface area contributed by atoms with Gasteiger partial charge in [-0.15, -0.1) is 0 Å². The first-order valence-electron chi connectivity index (χ1n) is 5.44. The van der Waals surface area contributed by atoms with Gasteiger partial charge in [0.05, 0.1) is 0 Å². The van der Waals surface area contributed by atoms with Crippen molar-refractivity contribution >= 4 is 19.2 Å². The zero-order valence-corrected chi connectivity index (χ0v) is 9.91. The molecule has 0 N–H and O–H groups in total. The predicted molar refractivity (Wildman–Crippen MR) is 64.7 cm³/mol. The summed E-state index contributed by atoms with van der Waals surface area (Å²) in [4.78, 5) is 24.9. The Bertz CT molecular complexity index is 507. The number of carbonyl (C=O) groups is 1. The van der Waals surface area contributed by atoms with Crippen LogP contribution < -0.4 is 11.0 Å². The van der Waals surface area contributed by atoms with Gasteiger partial charge >= 0.3 is 0 Å². The van der Waals surface area contributed by atoms with Gasteiger partial charge in [0.25, 0.3) is 0 Å². The Morgan fingerprint density at radius 2 is 2.19 bits per heavy atom. The van der Waals surface area contributed by atoms with Crippen molar-refractivity contribution in [1.29, 1.82) is 0 Å². The maximum atomic E-state index is 11.7. The Morgan fingerprint density at radius 1 is 1.50 bits per heavy atom. The van der Waals surface area contributed by atoms with Crippen molar-refractivity contribution in [2.24, 2.45) is 7.05 Å². The van der Waals surface area contributed by atoms with Crippen molar-refractivity contribution in [3.05, 3.63) is 27.7 Å². The first kappa shape index (κ1) is 11.0. The lowest BCUT2D eigenvalue weighted by Crippen LogP contribution is -2.42. The molecule has 0 atom stereocenters. The van der Waals surface area contributed by atoms with Crippen LogP contribution in [0.1, 0.15) is 18.2 Å². The second kappa shape index (κ2) is 3.81. The number of hydrogen-bond donors (Lipinski definition) is 0. The molecule has 0 aliphatic carbocycles. The van der Waals surface area contributed by atoms with E-state index < -0.39 is 0 Å². The lowest BCUT2D eigenvalue weighted by Gasteiger charge is -2.29. The summed E-state index contributed by atoms with van der Waals surface area (Å²) in [6.45, 7) is 2.91. The minimum Gasteiger partial charge on any atom is -0.338 e. The zero-order valence-electron chi connectivity index (χ0n) is 9.91.